The molecule has 24 heavy (non-hydrogen) atoms. The van der Waals surface area contributed by atoms with Crippen molar-refractivity contribution in [2.75, 3.05) is 5.73 Å². The Morgan fingerprint density at radius 2 is 2.00 bits per heavy atom. The van der Waals surface area contributed by atoms with E-state index in [1.807, 2.05) is 19.9 Å². The lowest BCUT2D eigenvalue weighted by Gasteiger charge is -2.05. The summed E-state index contributed by atoms with van der Waals surface area (Å²) >= 11 is 0. The van der Waals surface area contributed by atoms with E-state index in [4.69, 9.17) is 5.73 Å². The summed E-state index contributed by atoms with van der Waals surface area (Å²) in [7, 11) is 0. The van der Waals surface area contributed by atoms with Gasteiger partial charge in [-0.15, -0.1) is 0 Å². The standard InChI is InChI=1S/C19H20N4O/c1-5-8-17(7-3)23-18(24)14(4)11-15(6-2)9-10-16-12-21-19(20)22-13-16/h5-8,11-13H,2,4H2,1,3H3,(H,23,24)(H2,20,21,22)/b8-5-,15-11+,17-7+. The van der Waals surface area contributed by atoms with Crippen molar-refractivity contribution in [3.63, 3.8) is 0 Å². The first-order valence-electron chi connectivity index (χ1n) is 7.23. The predicted octanol–water partition coefficient (Wildman–Crippen LogP) is 2.68. The first-order valence-corrected chi connectivity index (χ1v) is 7.23. The number of hydrogen-bond acceptors (Lipinski definition) is 4. The Kier molecular flexibility index (Phi) is 7.46. The first kappa shape index (κ1) is 18.7. The summed E-state index contributed by atoms with van der Waals surface area (Å²) in [5.41, 5.74) is 7.55. The molecule has 1 aromatic rings. The number of hydrogen-bond donors (Lipinski definition) is 2. The van der Waals surface area contributed by atoms with E-state index >= 15 is 0 Å². The number of amides is 1. The Balaban J connectivity index is 2.88. The predicted molar refractivity (Wildman–Crippen MR) is 97.5 cm³/mol. The average Bonchev–Trinajstić information content (AvgIpc) is 2.59. The van der Waals surface area contributed by atoms with Crippen molar-refractivity contribution >= 4 is 11.9 Å². The molecule has 5 heteroatoms. The second-order valence-electron chi connectivity index (χ2n) is 4.61. The van der Waals surface area contributed by atoms with Crippen molar-refractivity contribution in [2.45, 2.75) is 13.8 Å². The Bertz CT molecular complexity index is 772. The van der Waals surface area contributed by atoms with Crippen LogP contribution in [0, 0.1) is 11.8 Å². The quantitative estimate of drug-likeness (QED) is 0.496. The number of rotatable bonds is 5. The van der Waals surface area contributed by atoms with Crippen molar-refractivity contribution in [3.8, 4) is 11.8 Å². The molecule has 0 bridgehead atoms. The van der Waals surface area contributed by atoms with Crippen LogP contribution in [0.25, 0.3) is 0 Å². The van der Waals surface area contributed by atoms with Gasteiger partial charge in [0, 0.05) is 29.2 Å². The number of carbonyl (C=O) groups excluding carboxylic acids is 1. The lowest BCUT2D eigenvalue weighted by molar-refractivity contribution is -0.116. The van der Waals surface area contributed by atoms with Crippen molar-refractivity contribution in [1.29, 1.82) is 0 Å². The van der Waals surface area contributed by atoms with E-state index in [1.54, 1.807) is 24.3 Å². The summed E-state index contributed by atoms with van der Waals surface area (Å²) in [6, 6.07) is 0. The zero-order valence-electron chi connectivity index (χ0n) is 13.8. The maximum absolute atomic E-state index is 12.1. The van der Waals surface area contributed by atoms with E-state index in [0.29, 0.717) is 16.8 Å². The molecule has 0 aliphatic carbocycles. The summed E-state index contributed by atoms with van der Waals surface area (Å²) in [6.45, 7) is 11.2. The van der Waals surface area contributed by atoms with Crippen molar-refractivity contribution in [3.05, 3.63) is 78.3 Å². The van der Waals surface area contributed by atoms with E-state index in [2.05, 4.69) is 40.3 Å². The Labute approximate surface area is 142 Å². The first-order chi connectivity index (χ1) is 11.5. The fourth-order valence-corrected chi connectivity index (χ4v) is 1.55. The number of carbonyl (C=O) groups is 1. The molecule has 122 valence electrons. The van der Waals surface area contributed by atoms with Gasteiger partial charge < -0.3 is 11.1 Å². The number of allylic oxidation sites excluding steroid dienone is 5. The molecule has 0 saturated heterocycles. The molecule has 0 spiro atoms. The largest absolute Gasteiger partial charge is 0.368 e. The van der Waals surface area contributed by atoms with Gasteiger partial charge in [-0.25, -0.2) is 9.97 Å². The van der Waals surface area contributed by atoms with Gasteiger partial charge in [0.05, 0.1) is 5.56 Å². The van der Waals surface area contributed by atoms with Crippen LogP contribution < -0.4 is 11.1 Å². The fourth-order valence-electron chi connectivity index (χ4n) is 1.55. The summed E-state index contributed by atoms with van der Waals surface area (Å²) in [4.78, 5) is 19.8. The van der Waals surface area contributed by atoms with Crippen molar-refractivity contribution in [1.82, 2.24) is 15.3 Å². The molecule has 1 aromatic heterocycles. The van der Waals surface area contributed by atoms with Gasteiger partial charge in [0.25, 0.3) is 5.91 Å². The molecule has 1 rings (SSSR count). The van der Waals surface area contributed by atoms with Gasteiger partial charge in [0.2, 0.25) is 5.95 Å². The maximum Gasteiger partial charge on any atom is 0.255 e. The third-order valence-corrected chi connectivity index (χ3v) is 2.78. The van der Waals surface area contributed by atoms with E-state index in [9.17, 15) is 4.79 Å². The van der Waals surface area contributed by atoms with Crippen LogP contribution in [0.15, 0.2) is 72.8 Å². The van der Waals surface area contributed by atoms with Crippen LogP contribution in [0.2, 0.25) is 0 Å². The molecule has 0 aromatic carbocycles. The number of nitrogens with one attached hydrogen (secondary N) is 1. The van der Waals surface area contributed by atoms with Gasteiger partial charge in [-0.05, 0) is 26.0 Å². The highest BCUT2D eigenvalue weighted by molar-refractivity contribution is 5.97. The molecular weight excluding hydrogens is 300 g/mol. The van der Waals surface area contributed by atoms with Crippen LogP contribution in [-0.4, -0.2) is 15.9 Å². The molecule has 5 nitrogen and oxygen atoms in total. The minimum absolute atomic E-state index is 0.186. The molecule has 0 aliphatic heterocycles. The number of nitrogens with two attached hydrogens (primary N) is 1. The molecule has 0 fully saturated rings. The third kappa shape index (κ3) is 6.16. The molecule has 0 atom stereocenters. The second-order valence-corrected chi connectivity index (χ2v) is 4.61. The van der Waals surface area contributed by atoms with Gasteiger partial charge in [-0.3, -0.25) is 4.79 Å². The Morgan fingerprint density at radius 1 is 1.33 bits per heavy atom. The molecule has 0 saturated carbocycles. The molecule has 0 aliphatic rings. The maximum atomic E-state index is 12.1. The third-order valence-electron chi connectivity index (χ3n) is 2.78. The van der Waals surface area contributed by atoms with Crippen molar-refractivity contribution < 1.29 is 4.79 Å². The number of nitrogens with zero attached hydrogens (tertiary/aromatic N) is 2. The monoisotopic (exact) mass is 320 g/mol. The van der Waals surface area contributed by atoms with Crippen molar-refractivity contribution in [2.24, 2.45) is 0 Å². The zero-order chi connectivity index (χ0) is 17.9. The van der Waals surface area contributed by atoms with Gasteiger partial charge >= 0.3 is 0 Å². The van der Waals surface area contributed by atoms with E-state index in [-0.39, 0.29) is 17.4 Å². The highest BCUT2D eigenvalue weighted by atomic mass is 16.1. The molecule has 3 N–H and O–H groups in total. The van der Waals surface area contributed by atoms with E-state index in [1.165, 1.54) is 12.4 Å². The van der Waals surface area contributed by atoms with E-state index < -0.39 is 0 Å². The van der Waals surface area contributed by atoms with Crippen LogP contribution >= 0.6 is 0 Å². The molecule has 0 unspecified atom stereocenters. The Morgan fingerprint density at radius 3 is 2.54 bits per heavy atom. The Hall–Kier alpha value is -3.39. The van der Waals surface area contributed by atoms with Crippen LogP contribution in [0.5, 0.6) is 0 Å². The normalized spacial score (nSPS) is 11.6. The average molecular weight is 320 g/mol. The van der Waals surface area contributed by atoms with Crippen LogP contribution in [0.3, 0.4) is 0 Å². The SMILES string of the molecule is C=C/C(C#Cc1cnc(N)nc1)=C\C(=C)C(=O)NC(/C=C\C)=C/C. The molecule has 1 amide bonds. The number of anilines is 1. The van der Waals surface area contributed by atoms with Gasteiger partial charge in [-0.1, -0.05) is 43.2 Å². The van der Waals surface area contributed by atoms with Crippen LogP contribution in [0.4, 0.5) is 5.95 Å². The van der Waals surface area contributed by atoms with Crippen LogP contribution in [0.1, 0.15) is 19.4 Å². The van der Waals surface area contributed by atoms with Crippen LogP contribution in [-0.2, 0) is 4.79 Å². The minimum atomic E-state index is -0.307. The summed E-state index contributed by atoms with van der Waals surface area (Å²) in [5.74, 6) is 5.64. The van der Waals surface area contributed by atoms with E-state index in [0.717, 1.165) is 0 Å². The minimum Gasteiger partial charge on any atom is -0.368 e. The lowest BCUT2D eigenvalue weighted by atomic mass is 10.1. The second kappa shape index (κ2) is 9.59. The highest BCUT2D eigenvalue weighted by Gasteiger charge is 2.05. The smallest absolute Gasteiger partial charge is 0.255 e. The summed E-state index contributed by atoms with van der Waals surface area (Å²) < 4.78 is 0. The highest BCUT2D eigenvalue weighted by Crippen LogP contribution is 2.04. The zero-order valence-corrected chi connectivity index (χ0v) is 13.8. The fraction of sp³-hybridized carbons (Fsp3) is 0.105. The van der Waals surface area contributed by atoms with Gasteiger partial charge in [0.15, 0.2) is 0 Å². The summed E-state index contributed by atoms with van der Waals surface area (Å²) in [5, 5.41) is 2.75. The lowest BCUT2D eigenvalue weighted by Crippen LogP contribution is -2.22. The van der Waals surface area contributed by atoms with Gasteiger partial charge in [-0.2, -0.15) is 0 Å². The number of nitrogen functional groups attached to an aromatic ring is 1. The molecule has 0 radical (unpaired) electrons. The summed E-state index contributed by atoms with van der Waals surface area (Å²) in [6.07, 6.45) is 11.6. The number of aromatic nitrogens is 2. The molecular formula is C19H20N4O. The topological polar surface area (TPSA) is 80.9 Å². The van der Waals surface area contributed by atoms with Gasteiger partial charge in [0.1, 0.15) is 0 Å². The molecule has 1 heterocycles.